The zero-order chi connectivity index (χ0) is 12.4. The lowest BCUT2D eigenvalue weighted by Crippen LogP contribution is -2.12. The van der Waals surface area contributed by atoms with E-state index in [0.717, 1.165) is 22.3 Å². The van der Waals surface area contributed by atoms with Crippen molar-refractivity contribution in [3.8, 4) is 0 Å². The Bertz CT molecular complexity index is 643. The predicted molar refractivity (Wildman–Crippen MR) is 70.5 cm³/mol. The first-order valence-corrected chi connectivity index (χ1v) is 6.11. The van der Waals surface area contributed by atoms with Gasteiger partial charge in [-0.25, -0.2) is 0 Å². The zero-order valence-corrected chi connectivity index (χ0v) is 10.4. The van der Waals surface area contributed by atoms with E-state index in [4.69, 9.17) is 20.4 Å². The molecule has 0 saturated heterocycles. The van der Waals surface area contributed by atoms with E-state index in [0.29, 0.717) is 18.3 Å². The van der Waals surface area contributed by atoms with Gasteiger partial charge in [-0.1, -0.05) is 18.2 Å². The van der Waals surface area contributed by atoms with Crippen molar-refractivity contribution in [1.29, 1.82) is 0 Å². The van der Waals surface area contributed by atoms with Crippen LogP contribution in [-0.4, -0.2) is 0 Å². The molecule has 3 nitrogen and oxygen atoms in total. The van der Waals surface area contributed by atoms with E-state index in [1.807, 2.05) is 36.4 Å². The number of furan rings is 2. The van der Waals surface area contributed by atoms with Gasteiger partial charge in [-0.2, -0.15) is 0 Å². The van der Waals surface area contributed by atoms with E-state index < -0.39 is 0 Å². The van der Waals surface area contributed by atoms with E-state index in [2.05, 4.69) is 5.32 Å². The molecule has 0 radical (unpaired) electrons. The lowest BCUT2D eigenvalue weighted by Gasteiger charge is -2.01. The Morgan fingerprint density at radius 2 is 1.94 bits per heavy atom. The Kier molecular flexibility index (Phi) is 3.09. The molecule has 0 aliphatic rings. The first-order chi connectivity index (χ1) is 8.84. The highest BCUT2D eigenvalue weighted by atomic mass is 35.5. The van der Waals surface area contributed by atoms with Gasteiger partial charge in [0.05, 0.1) is 12.8 Å². The molecule has 0 aliphatic heterocycles. The molecule has 0 atom stereocenters. The third kappa shape index (κ3) is 2.15. The molecule has 0 unspecified atom stereocenters. The number of hydrogen-bond donors (Lipinski definition) is 1. The summed E-state index contributed by atoms with van der Waals surface area (Å²) in [6.07, 6.45) is 1.66. The molecule has 1 aromatic carbocycles. The van der Waals surface area contributed by atoms with Crippen LogP contribution in [0.15, 0.2) is 51.5 Å². The summed E-state index contributed by atoms with van der Waals surface area (Å²) >= 11 is 6.10. The molecule has 4 heteroatoms. The Morgan fingerprint density at radius 1 is 1.06 bits per heavy atom. The zero-order valence-electron chi connectivity index (χ0n) is 9.65. The van der Waals surface area contributed by atoms with E-state index in [1.165, 1.54) is 0 Å². The van der Waals surface area contributed by atoms with Gasteiger partial charge in [0.2, 0.25) is 0 Å². The van der Waals surface area contributed by atoms with Crippen molar-refractivity contribution in [3.05, 3.63) is 59.2 Å². The highest BCUT2D eigenvalue weighted by Crippen LogP contribution is 2.29. The Morgan fingerprint density at radius 3 is 2.78 bits per heavy atom. The number of benzene rings is 1. The van der Waals surface area contributed by atoms with Crippen LogP contribution in [0.4, 0.5) is 0 Å². The molecule has 0 bridgehead atoms. The normalized spacial score (nSPS) is 11.2. The average molecular weight is 262 g/mol. The average Bonchev–Trinajstić information content (AvgIpc) is 2.98. The Balaban J connectivity index is 1.76. The van der Waals surface area contributed by atoms with Gasteiger partial charge in [-0.3, -0.25) is 0 Å². The van der Waals surface area contributed by atoms with Crippen molar-refractivity contribution in [1.82, 2.24) is 5.32 Å². The topological polar surface area (TPSA) is 38.3 Å². The second kappa shape index (κ2) is 4.88. The quantitative estimate of drug-likeness (QED) is 0.772. The summed E-state index contributed by atoms with van der Waals surface area (Å²) in [5.41, 5.74) is 1.80. The molecule has 0 fully saturated rings. The summed E-state index contributed by atoms with van der Waals surface area (Å²) in [6, 6.07) is 11.6. The summed E-state index contributed by atoms with van der Waals surface area (Å²) in [5, 5.41) is 4.78. The highest BCUT2D eigenvalue weighted by molar-refractivity contribution is 6.30. The van der Waals surface area contributed by atoms with E-state index in [-0.39, 0.29) is 0 Å². The minimum Gasteiger partial charge on any atom is -0.468 e. The molecule has 0 aliphatic carbocycles. The van der Waals surface area contributed by atoms with Gasteiger partial charge in [0, 0.05) is 17.5 Å². The van der Waals surface area contributed by atoms with Crippen LogP contribution in [0.3, 0.4) is 0 Å². The van der Waals surface area contributed by atoms with Crippen LogP contribution in [-0.2, 0) is 13.1 Å². The molecule has 2 aromatic heterocycles. The van der Waals surface area contributed by atoms with Crippen molar-refractivity contribution in [2.45, 2.75) is 13.1 Å². The Labute approximate surface area is 109 Å². The minimum atomic E-state index is 0.447. The summed E-state index contributed by atoms with van der Waals surface area (Å²) in [4.78, 5) is 0. The molecular formula is C14H12ClNO2. The van der Waals surface area contributed by atoms with Crippen molar-refractivity contribution in [3.63, 3.8) is 0 Å². The fraction of sp³-hybridized carbons (Fsp3) is 0.143. The van der Waals surface area contributed by atoms with E-state index in [1.54, 1.807) is 6.26 Å². The number of fused-ring (bicyclic) bond motifs is 1. The number of para-hydroxylation sites is 1. The minimum absolute atomic E-state index is 0.447. The molecule has 0 saturated carbocycles. The van der Waals surface area contributed by atoms with Gasteiger partial charge in [-0.05, 0) is 29.8 Å². The number of rotatable bonds is 4. The van der Waals surface area contributed by atoms with Gasteiger partial charge >= 0.3 is 0 Å². The van der Waals surface area contributed by atoms with Crippen LogP contribution in [0.25, 0.3) is 11.0 Å². The molecule has 18 heavy (non-hydrogen) atoms. The summed E-state index contributed by atoms with van der Waals surface area (Å²) in [5.74, 6) is 0.902. The van der Waals surface area contributed by atoms with Crippen LogP contribution in [0.1, 0.15) is 11.3 Å². The van der Waals surface area contributed by atoms with Crippen molar-refractivity contribution in [2.24, 2.45) is 0 Å². The molecule has 0 spiro atoms. The largest absolute Gasteiger partial charge is 0.468 e. The smallest absolute Gasteiger partial charge is 0.199 e. The van der Waals surface area contributed by atoms with Crippen LogP contribution in [0.5, 0.6) is 0 Å². The summed E-state index contributed by atoms with van der Waals surface area (Å²) in [7, 11) is 0. The summed E-state index contributed by atoms with van der Waals surface area (Å²) < 4.78 is 10.7. The van der Waals surface area contributed by atoms with Crippen molar-refractivity contribution < 1.29 is 8.83 Å². The van der Waals surface area contributed by atoms with Gasteiger partial charge < -0.3 is 14.2 Å². The van der Waals surface area contributed by atoms with Crippen LogP contribution >= 0.6 is 11.6 Å². The van der Waals surface area contributed by atoms with Gasteiger partial charge in [0.25, 0.3) is 0 Å². The lowest BCUT2D eigenvalue weighted by molar-refractivity contribution is 0.482. The standard InChI is InChI=1S/C14H12ClNO2/c15-14-12(9-16-8-10-4-3-7-17-10)11-5-1-2-6-13(11)18-14/h1-7,16H,8-9H2. The second-order valence-corrected chi connectivity index (χ2v) is 4.38. The molecule has 92 valence electrons. The maximum Gasteiger partial charge on any atom is 0.199 e. The van der Waals surface area contributed by atoms with Crippen LogP contribution in [0, 0.1) is 0 Å². The van der Waals surface area contributed by atoms with Gasteiger partial charge in [0.1, 0.15) is 11.3 Å². The SMILES string of the molecule is Clc1oc2ccccc2c1CNCc1ccco1. The van der Waals surface area contributed by atoms with Gasteiger partial charge in [-0.15, -0.1) is 0 Å². The molecule has 0 amide bonds. The number of hydrogen-bond acceptors (Lipinski definition) is 3. The molecule has 3 rings (SSSR count). The molecule has 3 aromatic rings. The predicted octanol–water partition coefficient (Wildman–Crippen LogP) is 3.97. The van der Waals surface area contributed by atoms with Crippen LogP contribution in [0.2, 0.25) is 5.22 Å². The van der Waals surface area contributed by atoms with Crippen molar-refractivity contribution >= 4 is 22.6 Å². The molecular weight excluding hydrogens is 250 g/mol. The number of halogens is 1. The third-order valence-corrected chi connectivity index (χ3v) is 3.14. The van der Waals surface area contributed by atoms with E-state index in [9.17, 15) is 0 Å². The number of nitrogens with one attached hydrogen (secondary N) is 1. The monoisotopic (exact) mass is 261 g/mol. The lowest BCUT2D eigenvalue weighted by atomic mass is 10.2. The maximum absolute atomic E-state index is 6.10. The fourth-order valence-corrected chi connectivity index (χ4v) is 2.21. The van der Waals surface area contributed by atoms with Crippen molar-refractivity contribution in [2.75, 3.05) is 0 Å². The van der Waals surface area contributed by atoms with Crippen LogP contribution < -0.4 is 5.32 Å². The first-order valence-electron chi connectivity index (χ1n) is 5.73. The molecule has 2 heterocycles. The fourth-order valence-electron chi connectivity index (χ4n) is 1.96. The highest BCUT2D eigenvalue weighted by Gasteiger charge is 2.11. The molecule has 1 N–H and O–H groups in total. The Hall–Kier alpha value is -1.71. The second-order valence-electron chi connectivity index (χ2n) is 4.03. The third-order valence-electron chi connectivity index (χ3n) is 2.83. The van der Waals surface area contributed by atoms with E-state index >= 15 is 0 Å². The maximum atomic E-state index is 6.10. The van der Waals surface area contributed by atoms with Gasteiger partial charge in [0.15, 0.2) is 5.22 Å². The first kappa shape index (κ1) is 11.4. The summed E-state index contributed by atoms with van der Waals surface area (Å²) in [6.45, 7) is 1.32.